The van der Waals surface area contributed by atoms with Gasteiger partial charge >= 0.3 is 5.97 Å². The number of aliphatic hydroxyl groups is 5. The first-order chi connectivity index (χ1) is 33.4. The van der Waals surface area contributed by atoms with Crippen LogP contribution in [-0.4, -0.2) is 206 Å². The number of aliphatic hydroxyl groups excluding tert-OH is 4. The molecular formula is C53H96N2O16. The summed E-state index contributed by atoms with van der Waals surface area (Å²) < 4.78 is 55.7. The van der Waals surface area contributed by atoms with Gasteiger partial charge in [0.1, 0.15) is 36.6 Å². The number of likely N-dealkylation sites (N-methyl/N-ethyl adjacent to an activating group) is 1. The summed E-state index contributed by atoms with van der Waals surface area (Å²) in [6, 6.07) is -0.675. The number of hydrogen-bond donors (Lipinski definition) is 5. The van der Waals surface area contributed by atoms with E-state index in [9.17, 15) is 35.1 Å². The summed E-state index contributed by atoms with van der Waals surface area (Å²) in [6.07, 6.45) is -3.31. The monoisotopic (exact) mass is 1020 g/mol. The zero-order valence-corrected chi connectivity index (χ0v) is 45.8. The molecule has 0 amide bonds. The highest BCUT2D eigenvalue weighted by Crippen LogP contribution is 2.36. The number of likely N-dealkylation sites (tertiary alicyclic amines) is 1. The summed E-state index contributed by atoms with van der Waals surface area (Å²) in [5.41, 5.74) is -0.673. The zero-order valence-electron chi connectivity index (χ0n) is 45.8. The number of nitrogens with zero attached hydrogens (tertiary/aromatic N) is 2. The Balaban J connectivity index is 2.03. The molecular weight excluding hydrogens is 921 g/mol. The highest BCUT2D eigenvalue weighted by Gasteiger charge is 2.49. The number of rotatable bonds is 23. The summed E-state index contributed by atoms with van der Waals surface area (Å²) in [5, 5.41) is 55.9. The molecule has 19 unspecified atom stereocenters. The maximum Gasteiger partial charge on any atom is 0.308 e. The fraction of sp³-hybridized carbons (Fsp3) is 0.887. The number of hydrogen-bond acceptors (Lipinski definition) is 18. The van der Waals surface area contributed by atoms with Gasteiger partial charge in [-0.25, -0.2) is 0 Å². The van der Waals surface area contributed by atoms with E-state index in [-0.39, 0.29) is 31.3 Å². The van der Waals surface area contributed by atoms with Crippen LogP contribution in [0.2, 0.25) is 0 Å². The van der Waals surface area contributed by atoms with Crippen molar-refractivity contribution in [1.29, 1.82) is 0 Å². The first-order valence-corrected chi connectivity index (χ1v) is 26.2. The average Bonchev–Trinajstić information content (AvgIpc) is 3.30. The van der Waals surface area contributed by atoms with Gasteiger partial charge in [0.15, 0.2) is 24.7 Å². The van der Waals surface area contributed by atoms with Crippen LogP contribution in [0.5, 0.6) is 0 Å². The number of esters is 1. The predicted molar refractivity (Wildman–Crippen MR) is 268 cm³/mol. The van der Waals surface area contributed by atoms with E-state index in [4.69, 9.17) is 42.6 Å². The standard InChI is InChI=1S/C53H96N2O16/c1-16-42-39(30-66-52(65-17-2)49(64-15)47(63-14)34(6)56)27-31(3)21-22-40(57)32(4)28-38(23-26-55-24-19-18-20-25-55)46(33(5)41(58)29-43(59)70-42)71-51-45(60)44(54(12)13)48(35(7)68-51)69-37(9)67-36(8)50(61)53(10,11)62/h21-22,27,32-39,41-42,44-52,56,58,60-62H,16-20,23-26,28-30H2,1-15H3/b22-21+,31-27+. The van der Waals surface area contributed by atoms with Crippen LogP contribution < -0.4 is 0 Å². The molecule has 0 bridgehead atoms. The van der Waals surface area contributed by atoms with Crippen molar-refractivity contribution in [3.8, 4) is 0 Å². The Morgan fingerprint density at radius 1 is 0.930 bits per heavy atom. The summed E-state index contributed by atoms with van der Waals surface area (Å²) in [7, 11) is 6.58. The summed E-state index contributed by atoms with van der Waals surface area (Å²) in [6.45, 7) is 21.9. The number of piperidine rings is 1. The molecule has 2 saturated heterocycles. The molecule has 19 atom stereocenters. The molecule has 18 nitrogen and oxygen atoms in total. The third-order valence-corrected chi connectivity index (χ3v) is 14.5. The van der Waals surface area contributed by atoms with Gasteiger partial charge in [-0.15, -0.1) is 0 Å². The van der Waals surface area contributed by atoms with Gasteiger partial charge in [0, 0.05) is 38.6 Å². The van der Waals surface area contributed by atoms with Gasteiger partial charge in [-0.1, -0.05) is 44.9 Å². The molecule has 0 radical (unpaired) electrons. The Bertz CT molecular complexity index is 1600. The van der Waals surface area contributed by atoms with Crippen molar-refractivity contribution in [1.82, 2.24) is 9.80 Å². The Hall–Kier alpha value is -1.98. The van der Waals surface area contributed by atoms with Gasteiger partial charge in [0.05, 0.1) is 55.2 Å². The molecule has 3 heterocycles. The number of carbonyl (C=O) groups is 2. The molecule has 3 aliphatic heterocycles. The molecule has 0 saturated carbocycles. The smallest absolute Gasteiger partial charge is 0.308 e. The first-order valence-electron chi connectivity index (χ1n) is 26.2. The van der Waals surface area contributed by atoms with Crippen LogP contribution >= 0.6 is 0 Å². The number of ether oxygens (including phenoxy) is 9. The van der Waals surface area contributed by atoms with Crippen molar-refractivity contribution in [2.45, 2.75) is 219 Å². The quantitative estimate of drug-likeness (QED) is 0.0707. The van der Waals surface area contributed by atoms with Crippen molar-refractivity contribution >= 4 is 11.8 Å². The Morgan fingerprint density at radius 2 is 1.58 bits per heavy atom. The third kappa shape index (κ3) is 19.3. The second-order valence-corrected chi connectivity index (χ2v) is 21.1. The summed E-state index contributed by atoms with van der Waals surface area (Å²) in [4.78, 5) is 32.4. The van der Waals surface area contributed by atoms with Gasteiger partial charge in [-0.05, 0) is 133 Å². The van der Waals surface area contributed by atoms with Crippen molar-refractivity contribution in [3.05, 3.63) is 23.8 Å². The van der Waals surface area contributed by atoms with Crippen LogP contribution in [0, 0.1) is 23.7 Å². The Labute approximate surface area is 425 Å². The maximum atomic E-state index is 14.1. The van der Waals surface area contributed by atoms with Crippen molar-refractivity contribution in [3.63, 3.8) is 0 Å². The lowest BCUT2D eigenvalue weighted by Gasteiger charge is -2.48. The number of ketones is 1. The fourth-order valence-electron chi connectivity index (χ4n) is 10.4. The largest absolute Gasteiger partial charge is 0.462 e. The molecule has 5 N–H and O–H groups in total. The molecule has 0 aromatic heterocycles. The van der Waals surface area contributed by atoms with Crippen LogP contribution in [0.25, 0.3) is 0 Å². The van der Waals surface area contributed by atoms with E-state index in [0.717, 1.165) is 38.0 Å². The van der Waals surface area contributed by atoms with Crippen LogP contribution in [0.1, 0.15) is 121 Å². The molecule has 3 rings (SSSR count). The highest BCUT2D eigenvalue weighted by atomic mass is 16.7. The first kappa shape index (κ1) is 63.3. The minimum absolute atomic E-state index is 0.00781. The molecule has 0 aromatic carbocycles. The molecule has 2 fully saturated rings. The number of allylic oxidation sites excluding steroid dienone is 3. The summed E-state index contributed by atoms with van der Waals surface area (Å²) in [5.74, 6) is -2.75. The highest BCUT2D eigenvalue weighted by molar-refractivity contribution is 5.91. The normalized spacial score (nSPS) is 34.6. The van der Waals surface area contributed by atoms with Gasteiger partial charge in [0.2, 0.25) is 0 Å². The predicted octanol–water partition coefficient (Wildman–Crippen LogP) is 4.39. The lowest BCUT2D eigenvalue weighted by atomic mass is 9.79. The SMILES string of the molecule is CCOC(OCC1/C=C(C)/C=C/C(=O)C(C)CC(CCN2CCCCC2)C(OC2OC(C)C(OC(C)OC(C)C(O)C(C)(C)O)C(N(C)C)C2O)C(C)C(O)CC(=O)OC1CC)C(OC)C(OC)C(C)O. The number of carbonyl (C=O) groups excluding carboxylic acids is 2. The fourth-order valence-corrected chi connectivity index (χ4v) is 10.4. The molecule has 18 heteroatoms. The van der Waals surface area contributed by atoms with Gasteiger partial charge in [-0.2, -0.15) is 0 Å². The van der Waals surface area contributed by atoms with E-state index in [1.54, 1.807) is 32.9 Å². The van der Waals surface area contributed by atoms with E-state index in [1.165, 1.54) is 34.5 Å². The van der Waals surface area contributed by atoms with Crippen molar-refractivity contribution < 1.29 is 77.8 Å². The van der Waals surface area contributed by atoms with E-state index >= 15 is 0 Å². The molecule has 0 spiro atoms. The molecule has 3 aliphatic rings. The van der Waals surface area contributed by atoms with Gasteiger partial charge in [-0.3, -0.25) is 9.59 Å². The Morgan fingerprint density at radius 3 is 2.14 bits per heavy atom. The zero-order chi connectivity index (χ0) is 53.3. The van der Waals surface area contributed by atoms with E-state index in [2.05, 4.69) is 4.90 Å². The maximum absolute atomic E-state index is 14.1. The summed E-state index contributed by atoms with van der Waals surface area (Å²) >= 11 is 0. The second-order valence-electron chi connectivity index (χ2n) is 21.1. The topological polar surface area (TPSA) is 225 Å². The van der Waals surface area contributed by atoms with Gasteiger partial charge < -0.3 is 78.0 Å². The van der Waals surface area contributed by atoms with Gasteiger partial charge in [0.25, 0.3) is 0 Å². The van der Waals surface area contributed by atoms with E-state index < -0.39 is 121 Å². The molecule has 71 heavy (non-hydrogen) atoms. The van der Waals surface area contributed by atoms with Crippen LogP contribution in [0.4, 0.5) is 0 Å². The minimum atomic E-state index is -1.41. The van der Waals surface area contributed by atoms with Crippen molar-refractivity contribution in [2.75, 3.05) is 61.2 Å². The molecule has 414 valence electrons. The lowest BCUT2D eigenvalue weighted by Crippen LogP contribution is -2.64. The number of cyclic esters (lactones) is 1. The van der Waals surface area contributed by atoms with Crippen LogP contribution in [0.15, 0.2) is 23.8 Å². The second kappa shape index (κ2) is 30.5. The number of methoxy groups -OCH3 is 2. The van der Waals surface area contributed by atoms with Crippen LogP contribution in [0.3, 0.4) is 0 Å². The molecule has 0 aromatic rings. The van der Waals surface area contributed by atoms with E-state index in [1.807, 2.05) is 66.6 Å². The Kier molecular flexibility index (Phi) is 27.2. The minimum Gasteiger partial charge on any atom is -0.462 e. The van der Waals surface area contributed by atoms with E-state index in [0.29, 0.717) is 19.3 Å². The average molecular weight is 1020 g/mol. The van der Waals surface area contributed by atoms with Crippen molar-refractivity contribution in [2.24, 2.45) is 23.7 Å². The molecule has 0 aliphatic carbocycles. The third-order valence-electron chi connectivity index (χ3n) is 14.5. The van der Waals surface area contributed by atoms with Crippen LogP contribution in [-0.2, 0) is 52.2 Å². The lowest BCUT2D eigenvalue weighted by molar-refractivity contribution is -0.327.